The average Bonchev–Trinajstić information content (AvgIpc) is 2.35. The lowest BCUT2D eigenvalue weighted by molar-refractivity contribution is 0.0527. The fraction of sp³-hybridized carbons (Fsp3) is 0.562. The third-order valence-corrected chi connectivity index (χ3v) is 2.93. The number of hydrogen-bond acceptors (Lipinski definition) is 4. The highest BCUT2D eigenvalue weighted by Crippen LogP contribution is 2.24. The number of aromatic hydroxyl groups is 1. The fourth-order valence-electron chi connectivity index (χ4n) is 1.90. The summed E-state index contributed by atoms with van der Waals surface area (Å²) in [6.45, 7) is 8.45. The summed E-state index contributed by atoms with van der Waals surface area (Å²) in [5.41, 5.74) is 0.137. The Morgan fingerprint density at radius 3 is 2.64 bits per heavy atom. The van der Waals surface area contributed by atoms with Crippen LogP contribution >= 0.6 is 0 Å². The quantitative estimate of drug-likeness (QED) is 0.706. The lowest BCUT2D eigenvalue weighted by Crippen LogP contribution is -2.34. The van der Waals surface area contributed by atoms with E-state index in [2.05, 4.69) is 10.6 Å². The highest BCUT2D eigenvalue weighted by Gasteiger charge is 2.15. The van der Waals surface area contributed by atoms with Crippen molar-refractivity contribution in [3.05, 3.63) is 29.6 Å². The second kappa shape index (κ2) is 7.98. The SMILES string of the molecule is CC(NCCCNC(=O)OC(C)(C)C)c1ccc(F)cc1O. The third-order valence-electron chi connectivity index (χ3n) is 2.93. The van der Waals surface area contributed by atoms with Crippen molar-refractivity contribution in [1.29, 1.82) is 0 Å². The van der Waals surface area contributed by atoms with E-state index in [4.69, 9.17) is 4.74 Å². The molecule has 5 nitrogen and oxygen atoms in total. The van der Waals surface area contributed by atoms with Gasteiger partial charge in [0.1, 0.15) is 17.2 Å². The van der Waals surface area contributed by atoms with Crippen LogP contribution in [0.3, 0.4) is 0 Å². The van der Waals surface area contributed by atoms with Crippen LogP contribution in [0.1, 0.15) is 45.7 Å². The minimum atomic E-state index is -0.503. The summed E-state index contributed by atoms with van der Waals surface area (Å²) < 4.78 is 18.0. The Hall–Kier alpha value is -1.82. The van der Waals surface area contributed by atoms with Gasteiger partial charge in [-0.15, -0.1) is 0 Å². The molecule has 124 valence electrons. The van der Waals surface area contributed by atoms with Crippen LogP contribution in [0, 0.1) is 5.82 Å². The molecule has 0 aliphatic carbocycles. The summed E-state index contributed by atoms with van der Waals surface area (Å²) >= 11 is 0. The van der Waals surface area contributed by atoms with Crippen molar-refractivity contribution in [2.24, 2.45) is 0 Å². The lowest BCUT2D eigenvalue weighted by Gasteiger charge is -2.20. The number of benzene rings is 1. The van der Waals surface area contributed by atoms with E-state index in [1.165, 1.54) is 6.07 Å². The van der Waals surface area contributed by atoms with Crippen LogP contribution in [-0.4, -0.2) is 29.9 Å². The van der Waals surface area contributed by atoms with Crippen LogP contribution in [0.2, 0.25) is 0 Å². The maximum absolute atomic E-state index is 12.9. The first kappa shape index (κ1) is 18.2. The predicted molar refractivity (Wildman–Crippen MR) is 83.3 cm³/mol. The van der Waals surface area contributed by atoms with E-state index in [9.17, 15) is 14.3 Å². The molecule has 0 radical (unpaired) electrons. The number of carbonyl (C=O) groups is 1. The Morgan fingerprint density at radius 2 is 2.05 bits per heavy atom. The predicted octanol–water partition coefficient (Wildman–Crippen LogP) is 3.10. The zero-order valence-corrected chi connectivity index (χ0v) is 13.6. The van der Waals surface area contributed by atoms with Crippen LogP contribution in [0.15, 0.2) is 18.2 Å². The molecule has 0 aliphatic heterocycles. The van der Waals surface area contributed by atoms with E-state index in [-0.39, 0.29) is 11.8 Å². The number of hydrogen-bond donors (Lipinski definition) is 3. The molecule has 0 saturated heterocycles. The number of ether oxygens (including phenoxy) is 1. The third kappa shape index (κ3) is 6.76. The number of phenols is 1. The van der Waals surface area contributed by atoms with E-state index < -0.39 is 17.5 Å². The fourth-order valence-corrected chi connectivity index (χ4v) is 1.90. The number of rotatable bonds is 6. The molecule has 1 amide bonds. The first-order valence-electron chi connectivity index (χ1n) is 7.37. The Bertz CT molecular complexity index is 501. The number of nitrogens with one attached hydrogen (secondary N) is 2. The van der Waals surface area contributed by atoms with E-state index in [0.717, 1.165) is 6.07 Å². The van der Waals surface area contributed by atoms with E-state index in [0.29, 0.717) is 25.1 Å². The molecular weight excluding hydrogens is 287 g/mol. The second-order valence-corrected chi connectivity index (χ2v) is 6.16. The zero-order valence-electron chi connectivity index (χ0n) is 13.6. The molecule has 0 aromatic heterocycles. The van der Waals surface area contributed by atoms with Gasteiger partial charge < -0.3 is 20.5 Å². The standard InChI is InChI=1S/C16H25FN2O3/c1-11(13-7-6-12(17)10-14(13)20)18-8-5-9-19-15(21)22-16(2,3)4/h6-7,10-11,18,20H,5,8-9H2,1-4H3,(H,19,21). The van der Waals surface area contributed by atoms with Gasteiger partial charge in [-0.25, -0.2) is 9.18 Å². The van der Waals surface area contributed by atoms with Crippen molar-refractivity contribution < 1.29 is 19.0 Å². The number of carbonyl (C=O) groups excluding carboxylic acids is 1. The molecule has 1 aromatic rings. The van der Waals surface area contributed by atoms with Crippen molar-refractivity contribution in [3.8, 4) is 5.75 Å². The molecule has 1 aromatic carbocycles. The summed E-state index contributed by atoms with van der Waals surface area (Å²) in [6.07, 6.45) is 0.280. The van der Waals surface area contributed by atoms with Crippen LogP contribution in [-0.2, 0) is 4.74 Å². The number of phenolic OH excluding ortho intramolecular Hbond substituents is 1. The zero-order chi connectivity index (χ0) is 16.8. The molecule has 1 atom stereocenters. The molecule has 0 saturated carbocycles. The first-order chi connectivity index (χ1) is 10.2. The van der Waals surface area contributed by atoms with Gasteiger partial charge >= 0.3 is 6.09 Å². The minimum absolute atomic E-state index is 0.0631. The van der Waals surface area contributed by atoms with Crippen LogP contribution in [0.4, 0.5) is 9.18 Å². The Morgan fingerprint density at radius 1 is 1.36 bits per heavy atom. The molecular formula is C16H25FN2O3. The van der Waals surface area contributed by atoms with E-state index >= 15 is 0 Å². The normalized spacial score (nSPS) is 12.8. The molecule has 3 N–H and O–H groups in total. The summed E-state index contributed by atoms with van der Waals surface area (Å²) in [5, 5.41) is 15.6. The Balaban J connectivity index is 2.26. The van der Waals surface area contributed by atoms with Gasteiger partial charge in [0.15, 0.2) is 0 Å². The largest absolute Gasteiger partial charge is 0.508 e. The molecule has 0 fully saturated rings. The topological polar surface area (TPSA) is 70.6 Å². The summed E-state index contributed by atoms with van der Waals surface area (Å²) in [5.74, 6) is -0.526. The van der Waals surface area contributed by atoms with Gasteiger partial charge in [-0.05, 0) is 46.7 Å². The monoisotopic (exact) mass is 312 g/mol. The van der Waals surface area contributed by atoms with Gasteiger partial charge in [-0.1, -0.05) is 6.07 Å². The maximum Gasteiger partial charge on any atom is 0.407 e. The van der Waals surface area contributed by atoms with Gasteiger partial charge in [0.2, 0.25) is 0 Å². The van der Waals surface area contributed by atoms with Crippen LogP contribution in [0.5, 0.6) is 5.75 Å². The van der Waals surface area contributed by atoms with Gasteiger partial charge in [0.25, 0.3) is 0 Å². The van der Waals surface area contributed by atoms with Crippen molar-refractivity contribution >= 4 is 6.09 Å². The molecule has 0 bridgehead atoms. The van der Waals surface area contributed by atoms with Gasteiger partial charge in [-0.3, -0.25) is 0 Å². The highest BCUT2D eigenvalue weighted by atomic mass is 19.1. The van der Waals surface area contributed by atoms with Crippen LogP contribution < -0.4 is 10.6 Å². The van der Waals surface area contributed by atoms with E-state index in [1.54, 1.807) is 6.07 Å². The first-order valence-corrected chi connectivity index (χ1v) is 7.37. The summed E-state index contributed by atoms with van der Waals surface area (Å²) in [7, 11) is 0. The Kier molecular flexibility index (Phi) is 6.61. The van der Waals surface area contributed by atoms with Gasteiger partial charge in [0, 0.05) is 24.2 Å². The molecule has 0 aliphatic rings. The minimum Gasteiger partial charge on any atom is -0.508 e. The number of alkyl carbamates (subject to hydrolysis) is 1. The Labute approximate surface area is 130 Å². The van der Waals surface area contributed by atoms with Crippen molar-refractivity contribution in [2.45, 2.75) is 45.8 Å². The molecule has 0 spiro atoms. The van der Waals surface area contributed by atoms with Crippen molar-refractivity contribution in [3.63, 3.8) is 0 Å². The molecule has 22 heavy (non-hydrogen) atoms. The van der Waals surface area contributed by atoms with Crippen molar-refractivity contribution in [1.82, 2.24) is 10.6 Å². The molecule has 1 rings (SSSR count). The van der Waals surface area contributed by atoms with Crippen molar-refractivity contribution in [2.75, 3.05) is 13.1 Å². The lowest BCUT2D eigenvalue weighted by atomic mass is 10.1. The average molecular weight is 312 g/mol. The van der Waals surface area contributed by atoms with Gasteiger partial charge in [0.05, 0.1) is 0 Å². The molecule has 1 unspecified atom stereocenters. The summed E-state index contributed by atoms with van der Waals surface area (Å²) in [4.78, 5) is 11.4. The number of amides is 1. The van der Waals surface area contributed by atoms with E-state index in [1.807, 2.05) is 27.7 Å². The second-order valence-electron chi connectivity index (χ2n) is 6.16. The van der Waals surface area contributed by atoms with Gasteiger partial charge in [-0.2, -0.15) is 0 Å². The molecule has 6 heteroatoms. The molecule has 0 heterocycles. The number of halogens is 1. The maximum atomic E-state index is 12.9. The summed E-state index contributed by atoms with van der Waals surface area (Å²) in [6, 6.07) is 3.86. The van der Waals surface area contributed by atoms with Crippen LogP contribution in [0.25, 0.3) is 0 Å². The highest BCUT2D eigenvalue weighted by molar-refractivity contribution is 5.67. The smallest absolute Gasteiger partial charge is 0.407 e.